The summed E-state index contributed by atoms with van der Waals surface area (Å²) in [6.07, 6.45) is 2.39. The van der Waals surface area contributed by atoms with Crippen molar-refractivity contribution >= 4 is 52.1 Å². The van der Waals surface area contributed by atoms with E-state index in [4.69, 9.17) is 30.8 Å². The lowest BCUT2D eigenvalue weighted by Gasteiger charge is -2.30. The number of amidine groups is 1. The van der Waals surface area contributed by atoms with Crippen molar-refractivity contribution in [3.8, 4) is 11.5 Å². The minimum Gasteiger partial charge on any atom is -0.495 e. The van der Waals surface area contributed by atoms with E-state index in [1.807, 2.05) is 49.9 Å². The van der Waals surface area contributed by atoms with Gasteiger partial charge in [-0.25, -0.2) is 4.99 Å². The van der Waals surface area contributed by atoms with Gasteiger partial charge in [0.1, 0.15) is 17.2 Å². The predicted octanol–water partition coefficient (Wildman–Crippen LogP) is 5.25. The van der Waals surface area contributed by atoms with Crippen LogP contribution < -0.4 is 14.4 Å². The second kappa shape index (κ2) is 12.7. The summed E-state index contributed by atoms with van der Waals surface area (Å²) in [5.74, 6) is 0.968. The Kier molecular flexibility index (Phi) is 9.35. The zero-order valence-electron chi connectivity index (χ0n) is 22.0. The Hall–Kier alpha value is -3.01. The number of rotatable bonds is 8. The Labute approximate surface area is 232 Å². The fraction of sp³-hybridized carbons (Fsp3) is 0.393. The Morgan fingerprint density at radius 3 is 2.50 bits per heavy atom. The molecule has 0 aliphatic carbocycles. The van der Waals surface area contributed by atoms with Gasteiger partial charge in [-0.1, -0.05) is 42.4 Å². The molecule has 38 heavy (non-hydrogen) atoms. The molecule has 0 N–H and O–H groups in total. The van der Waals surface area contributed by atoms with Crippen molar-refractivity contribution in [3.05, 3.63) is 58.7 Å². The number of hydrogen-bond acceptors (Lipinski definition) is 7. The molecule has 0 unspecified atom stereocenters. The maximum absolute atomic E-state index is 13.7. The molecule has 1 saturated heterocycles. The van der Waals surface area contributed by atoms with Crippen molar-refractivity contribution in [2.75, 3.05) is 38.3 Å². The van der Waals surface area contributed by atoms with Crippen LogP contribution >= 0.6 is 23.4 Å². The molecule has 8 nitrogen and oxygen atoms in total. The van der Waals surface area contributed by atoms with E-state index >= 15 is 0 Å². The van der Waals surface area contributed by atoms with Gasteiger partial charge in [0, 0.05) is 13.1 Å². The number of benzene rings is 2. The van der Waals surface area contributed by atoms with Crippen molar-refractivity contribution < 1.29 is 23.8 Å². The summed E-state index contributed by atoms with van der Waals surface area (Å²) in [7, 11) is 1.53. The number of ether oxygens (including phenoxy) is 3. The normalized spacial score (nSPS) is 17.7. The lowest BCUT2D eigenvalue weighted by Crippen LogP contribution is -2.45. The molecule has 0 aromatic heterocycles. The molecule has 2 aliphatic rings. The number of carbonyl (C=O) groups is 2. The summed E-state index contributed by atoms with van der Waals surface area (Å²) in [6, 6.07) is 12.6. The molecule has 2 amide bonds. The number of nitrogens with zero attached hydrogens (tertiary/aromatic N) is 3. The van der Waals surface area contributed by atoms with Crippen LogP contribution in [0.3, 0.4) is 0 Å². The Balaban J connectivity index is 1.66. The highest BCUT2D eigenvalue weighted by molar-refractivity contribution is 8.15. The van der Waals surface area contributed by atoms with Gasteiger partial charge in [0.2, 0.25) is 5.91 Å². The smallest absolute Gasteiger partial charge is 0.283 e. The van der Waals surface area contributed by atoms with Gasteiger partial charge in [-0.15, -0.1) is 0 Å². The van der Waals surface area contributed by atoms with E-state index in [0.717, 1.165) is 11.3 Å². The average Bonchev–Trinajstić information content (AvgIpc) is 3.22. The first-order valence-corrected chi connectivity index (χ1v) is 13.8. The van der Waals surface area contributed by atoms with Crippen LogP contribution in [0.5, 0.6) is 11.5 Å². The highest BCUT2D eigenvalue weighted by Gasteiger charge is 2.36. The predicted molar refractivity (Wildman–Crippen MR) is 152 cm³/mol. The second-order valence-corrected chi connectivity index (χ2v) is 10.6. The number of amides is 2. The van der Waals surface area contributed by atoms with Crippen LogP contribution in [0.2, 0.25) is 5.02 Å². The topological polar surface area (TPSA) is 80.7 Å². The zero-order valence-corrected chi connectivity index (χ0v) is 23.6. The SMILES string of the molecule is CC[C@H](SC1=N/C(=C/c2ccc(OC(C)C)cc2)C(=O)N1c1ccc(OC)c(Cl)c1)C(=O)N1CCOCC1. The van der Waals surface area contributed by atoms with E-state index in [9.17, 15) is 9.59 Å². The first-order valence-electron chi connectivity index (χ1n) is 12.6. The fourth-order valence-electron chi connectivity index (χ4n) is 4.09. The van der Waals surface area contributed by atoms with Crippen molar-refractivity contribution in [3.63, 3.8) is 0 Å². The Bertz CT molecular complexity index is 1230. The minimum absolute atomic E-state index is 0.0156. The number of carbonyl (C=O) groups excluding carboxylic acids is 2. The molecule has 1 atom stereocenters. The summed E-state index contributed by atoms with van der Waals surface area (Å²) in [6.45, 7) is 8.05. The highest BCUT2D eigenvalue weighted by atomic mass is 35.5. The van der Waals surface area contributed by atoms with Crippen LogP contribution in [0.4, 0.5) is 5.69 Å². The molecule has 2 aromatic rings. The molecule has 202 valence electrons. The van der Waals surface area contributed by atoms with Crippen LogP contribution in [0.1, 0.15) is 32.8 Å². The highest BCUT2D eigenvalue weighted by Crippen LogP contribution is 2.36. The zero-order chi connectivity index (χ0) is 27.2. The summed E-state index contributed by atoms with van der Waals surface area (Å²) in [5.41, 5.74) is 1.62. The molecule has 0 saturated carbocycles. The van der Waals surface area contributed by atoms with E-state index in [-0.39, 0.29) is 23.6 Å². The van der Waals surface area contributed by atoms with Gasteiger partial charge < -0.3 is 19.1 Å². The van der Waals surface area contributed by atoms with Crippen LogP contribution in [-0.2, 0) is 14.3 Å². The standard InChI is InChI=1S/C28H32ClN3O5S/c1-5-25(27(34)31-12-14-36-15-13-31)38-28-30-23(16-19-6-9-21(10-7-19)37-18(2)3)26(33)32(28)20-8-11-24(35-4)22(29)17-20/h6-11,16-18,25H,5,12-15H2,1-4H3/b23-16+/t25-/m0/s1. The van der Waals surface area contributed by atoms with E-state index < -0.39 is 5.25 Å². The third kappa shape index (κ3) is 6.51. The molecule has 4 rings (SSSR count). The maximum atomic E-state index is 13.7. The van der Waals surface area contributed by atoms with Crippen LogP contribution in [0, 0.1) is 0 Å². The van der Waals surface area contributed by atoms with Gasteiger partial charge in [0.05, 0.1) is 42.4 Å². The monoisotopic (exact) mass is 557 g/mol. The molecule has 1 fully saturated rings. The summed E-state index contributed by atoms with van der Waals surface area (Å²) < 4.78 is 16.4. The average molecular weight is 558 g/mol. The lowest BCUT2D eigenvalue weighted by molar-refractivity contribution is -0.134. The number of thioether (sulfide) groups is 1. The quantitative estimate of drug-likeness (QED) is 0.412. The second-order valence-electron chi connectivity index (χ2n) is 9.07. The number of aliphatic imine (C=N–C) groups is 1. The van der Waals surface area contributed by atoms with Gasteiger partial charge in [-0.2, -0.15) is 0 Å². The van der Waals surface area contributed by atoms with Crippen LogP contribution in [0.15, 0.2) is 53.2 Å². The minimum atomic E-state index is -0.400. The largest absolute Gasteiger partial charge is 0.495 e. The van der Waals surface area contributed by atoms with Crippen LogP contribution in [0.25, 0.3) is 6.08 Å². The van der Waals surface area contributed by atoms with Gasteiger partial charge in [-0.05, 0) is 62.2 Å². The van der Waals surface area contributed by atoms with Gasteiger partial charge >= 0.3 is 0 Å². The molecular weight excluding hydrogens is 526 g/mol. The van der Waals surface area contributed by atoms with E-state index in [0.29, 0.717) is 54.4 Å². The molecule has 0 spiro atoms. The van der Waals surface area contributed by atoms with Crippen LogP contribution in [-0.4, -0.2) is 66.6 Å². The van der Waals surface area contributed by atoms with Crippen molar-refractivity contribution in [2.45, 2.75) is 38.5 Å². The third-order valence-corrected chi connectivity index (χ3v) is 7.59. The molecule has 0 bridgehead atoms. The maximum Gasteiger partial charge on any atom is 0.283 e. The summed E-state index contributed by atoms with van der Waals surface area (Å²) >= 11 is 7.68. The summed E-state index contributed by atoms with van der Waals surface area (Å²) in [5, 5.41) is 0.398. The number of methoxy groups -OCH3 is 1. The van der Waals surface area contributed by atoms with Gasteiger partial charge in [0.15, 0.2) is 5.17 Å². The number of halogens is 1. The fourth-order valence-corrected chi connectivity index (χ4v) is 5.46. The molecule has 2 heterocycles. The number of hydrogen-bond donors (Lipinski definition) is 0. The molecule has 2 aliphatic heterocycles. The van der Waals surface area contributed by atoms with E-state index in [2.05, 4.69) is 0 Å². The van der Waals surface area contributed by atoms with Gasteiger partial charge in [0.25, 0.3) is 5.91 Å². The lowest BCUT2D eigenvalue weighted by atomic mass is 10.2. The molecule has 2 aromatic carbocycles. The number of morpholine rings is 1. The first-order chi connectivity index (χ1) is 18.3. The first kappa shape index (κ1) is 28.0. The van der Waals surface area contributed by atoms with Gasteiger partial charge in [-0.3, -0.25) is 14.5 Å². The van der Waals surface area contributed by atoms with Crippen molar-refractivity contribution in [1.82, 2.24) is 4.90 Å². The molecular formula is C28H32ClN3O5S. The molecule has 10 heteroatoms. The van der Waals surface area contributed by atoms with E-state index in [1.54, 1.807) is 24.3 Å². The number of anilines is 1. The van der Waals surface area contributed by atoms with Crippen molar-refractivity contribution in [1.29, 1.82) is 0 Å². The third-order valence-electron chi connectivity index (χ3n) is 6.00. The Morgan fingerprint density at radius 1 is 1.18 bits per heavy atom. The van der Waals surface area contributed by atoms with E-state index in [1.165, 1.54) is 23.8 Å². The Morgan fingerprint density at radius 2 is 1.89 bits per heavy atom. The summed E-state index contributed by atoms with van der Waals surface area (Å²) in [4.78, 5) is 35.0. The van der Waals surface area contributed by atoms with Crippen molar-refractivity contribution in [2.24, 2.45) is 4.99 Å². The molecule has 0 radical (unpaired) electrons.